The van der Waals surface area contributed by atoms with E-state index in [0.29, 0.717) is 12.2 Å². The van der Waals surface area contributed by atoms with E-state index >= 15 is 0 Å². The second-order valence-electron chi connectivity index (χ2n) is 4.09. The molecule has 2 rings (SSSR count). The molecule has 2 heterocycles. The van der Waals surface area contributed by atoms with Crippen molar-refractivity contribution in [3.8, 4) is 0 Å². The summed E-state index contributed by atoms with van der Waals surface area (Å²) in [5, 5.41) is 3.75. The summed E-state index contributed by atoms with van der Waals surface area (Å²) in [6, 6.07) is 1.64. The van der Waals surface area contributed by atoms with Gasteiger partial charge in [-0.2, -0.15) is 0 Å². The Balaban J connectivity index is 2.18. The van der Waals surface area contributed by atoms with Crippen molar-refractivity contribution in [2.75, 3.05) is 11.9 Å². The normalized spacial score (nSPS) is 11.5. The average molecular weight is 312 g/mol. The third-order valence-corrected chi connectivity index (χ3v) is 4.87. The largest absolute Gasteiger partial charge is 0.384 e. The summed E-state index contributed by atoms with van der Waals surface area (Å²) < 4.78 is 27.1. The standard InChI is InChI=1S/C12H16N4O2S2/c1-3-14-10-4-5-13-7-11(10)20(17,18)16-8-12-15-6-9(2)19-12/h4-7,16H,3,8H2,1-2H3,(H,13,14). The number of nitrogens with one attached hydrogen (secondary N) is 2. The SMILES string of the molecule is CCNc1ccncc1S(=O)(=O)NCc1ncc(C)s1. The number of aryl methyl sites for hydroxylation is 1. The maximum atomic E-state index is 12.3. The van der Waals surface area contributed by atoms with Gasteiger partial charge in [-0.25, -0.2) is 18.1 Å². The van der Waals surface area contributed by atoms with E-state index in [4.69, 9.17) is 0 Å². The van der Waals surface area contributed by atoms with Crippen molar-refractivity contribution in [1.82, 2.24) is 14.7 Å². The van der Waals surface area contributed by atoms with E-state index in [-0.39, 0.29) is 11.4 Å². The molecule has 0 atom stereocenters. The Morgan fingerprint density at radius 1 is 1.35 bits per heavy atom. The molecular formula is C12H16N4O2S2. The van der Waals surface area contributed by atoms with Crippen LogP contribution in [0.4, 0.5) is 5.69 Å². The first-order chi connectivity index (χ1) is 9.53. The molecule has 2 aromatic heterocycles. The lowest BCUT2D eigenvalue weighted by molar-refractivity contribution is 0.581. The number of thiazole rings is 1. The molecule has 0 bridgehead atoms. The van der Waals surface area contributed by atoms with Crippen molar-refractivity contribution in [1.29, 1.82) is 0 Å². The molecule has 0 fully saturated rings. The molecule has 8 heteroatoms. The quantitative estimate of drug-likeness (QED) is 0.849. The first-order valence-corrected chi connectivity index (χ1v) is 8.41. The maximum absolute atomic E-state index is 12.3. The number of nitrogens with zero attached hydrogens (tertiary/aromatic N) is 2. The fraction of sp³-hybridized carbons (Fsp3) is 0.333. The van der Waals surface area contributed by atoms with Crippen LogP contribution in [0.1, 0.15) is 16.8 Å². The lowest BCUT2D eigenvalue weighted by Gasteiger charge is -2.10. The number of rotatable bonds is 6. The highest BCUT2D eigenvalue weighted by atomic mass is 32.2. The zero-order valence-electron chi connectivity index (χ0n) is 11.3. The van der Waals surface area contributed by atoms with Crippen LogP contribution in [0.25, 0.3) is 0 Å². The summed E-state index contributed by atoms with van der Waals surface area (Å²) in [7, 11) is -3.61. The molecule has 108 valence electrons. The number of sulfonamides is 1. The Bertz CT molecular complexity index is 682. The predicted molar refractivity (Wildman–Crippen MR) is 79.3 cm³/mol. The second-order valence-corrected chi connectivity index (χ2v) is 7.15. The van der Waals surface area contributed by atoms with Gasteiger partial charge in [0.2, 0.25) is 10.0 Å². The Morgan fingerprint density at radius 2 is 2.15 bits per heavy atom. The lowest BCUT2D eigenvalue weighted by atomic mass is 10.4. The Morgan fingerprint density at radius 3 is 2.80 bits per heavy atom. The van der Waals surface area contributed by atoms with Gasteiger partial charge in [0, 0.05) is 30.0 Å². The molecule has 0 unspecified atom stereocenters. The summed E-state index contributed by atoms with van der Waals surface area (Å²) in [6.07, 6.45) is 4.62. The minimum atomic E-state index is -3.61. The zero-order chi connectivity index (χ0) is 14.6. The molecule has 6 nitrogen and oxygen atoms in total. The fourth-order valence-corrected chi connectivity index (χ4v) is 3.58. The minimum Gasteiger partial charge on any atom is -0.384 e. The van der Waals surface area contributed by atoms with E-state index in [1.54, 1.807) is 18.5 Å². The highest BCUT2D eigenvalue weighted by molar-refractivity contribution is 7.89. The van der Waals surface area contributed by atoms with E-state index in [1.165, 1.54) is 17.5 Å². The molecule has 0 amide bonds. The van der Waals surface area contributed by atoms with Crippen LogP contribution in [-0.2, 0) is 16.6 Å². The molecule has 0 aliphatic rings. The molecular weight excluding hydrogens is 296 g/mol. The monoisotopic (exact) mass is 312 g/mol. The van der Waals surface area contributed by atoms with Crippen LogP contribution >= 0.6 is 11.3 Å². The summed E-state index contributed by atoms with van der Waals surface area (Å²) in [4.78, 5) is 9.21. The topological polar surface area (TPSA) is 84.0 Å². The van der Waals surface area contributed by atoms with Gasteiger partial charge in [-0.15, -0.1) is 11.3 Å². The Kier molecular flexibility index (Phi) is 4.69. The molecule has 0 radical (unpaired) electrons. The lowest BCUT2D eigenvalue weighted by Crippen LogP contribution is -2.24. The summed E-state index contributed by atoms with van der Waals surface area (Å²) in [5.74, 6) is 0. The van der Waals surface area contributed by atoms with Crippen LogP contribution in [0.2, 0.25) is 0 Å². The number of hydrogen-bond acceptors (Lipinski definition) is 6. The van der Waals surface area contributed by atoms with Crippen molar-refractivity contribution >= 4 is 27.0 Å². The van der Waals surface area contributed by atoms with E-state index in [1.807, 2.05) is 13.8 Å². The van der Waals surface area contributed by atoms with Gasteiger partial charge in [0.15, 0.2) is 0 Å². The van der Waals surface area contributed by atoms with Crippen LogP contribution in [0.3, 0.4) is 0 Å². The smallest absolute Gasteiger partial charge is 0.244 e. The molecule has 0 aromatic carbocycles. The van der Waals surface area contributed by atoms with E-state index in [2.05, 4.69) is 20.0 Å². The van der Waals surface area contributed by atoms with Crippen molar-refractivity contribution in [2.24, 2.45) is 0 Å². The third kappa shape index (κ3) is 3.53. The molecule has 0 saturated heterocycles. The van der Waals surface area contributed by atoms with Gasteiger partial charge >= 0.3 is 0 Å². The van der Waals surface area contributed by atoms with Crippen LogP contribution in [0, 0.1) is 6.92 Å². The van der Waals surface area contributed by atoms with Gasteiger partial charge in [0.25, 0.3) is 0 Å². The first kappa shape index (κ1) is 14.9. The van der Waals surface area contributed by atoms with Gasteiger partial charge in [-0.05, 0) is 19.9 Å². The molecule has 20 heavy (non-hydrogen) atoms. The maximum Gasteiger partial charge on any atom is 0.244 e. The first-order valence-electron chi connectivity index (χ1n) is 6.12. The average Bonchev–Trinajstić information content (AvgIpc) is 2.83. The minimum absolute atomic E-state index is 0.148. The van der Waals surface area contributed by atoms with Crippen molar-refractivity contribution < 1.29 is 8.42 Å². The van der Waals surface area contributed by atoms with Crippen LogP contribution in [0.15, 0.2) is 29.6 Å². The van der Waals surface area contributed by atoms with Gasteiger partial charge in [-0.1, -0.05) is 0 Å². The molecule has 2 N–H and O–H groups in total. The van der Waals surface area contributed by atoms with Gasteiger partial charge in [-0.3, -0.25) is 4.98 Å². The molecule has 0 aliphatic carbocycles. The molecule has 0 saturated carbocycles. The van der Waals surface area contributed by atoms with E-state index in [0.717, 1.165) is 9.88 Å². The fourth-order valence-electron chi connectivity index (χ4n) is 1.65. The highest BCUT2D eigenvalue weighted by Gasteiger charge is 2.18. The van der Waals surface area contributed by atoms with Crippen LogP contribution < -0.4 is 10.0 Å². The summed E-state index contributed by atoms with van der Waals surface area (Å²) in [5.41, 5.74) is 0.547. The number of pyridine rings is 1. The number of aromatic nitrogens is 2. The van der Waals surface area contributed by atoms with Gasteiger partial charge in [0.05, 0.1) is 12.2 Å². The molecule has 2 aromatic rings. The van der Waals surface area contributed by atoms with Crippen molar-refractivity contribution in [3.63, 3.8) is 0 Å². The molecule has 0 aliphatic heterocycles. The number of hydrogen-bond donors (Lipinski definition) is 2. The zero-order valence-corrected chi connectivity index (χ0v) is 12.9. The van der Waals surface area contributed by atoms with Crippen LogP contribution in [-0.4, -0.2) is 24.9 Å². The van der Waals surface area contributed by atoms with Gasteiger partial charge in [0.1, 0.15) is 9.90 Å². The third-order valence-electron chi connectivity index (χ3n) is 2.52. The van der Waals surface area contributed by atoms with Gasteiger partial charge < -0.3 is 5.32 Å². The van der Waals surface area contributed by atoms with Crippen molar-refractivity contribution in [3.05, 3.63) is 34.5 Å². The molecule has 0 spiro atoms. The summed E-state index contributed by atoms with van der Waals surface area (Å²) >= 11 is 1.47. The summed E-state index contributed by atoms with van der Waals surface area (Å²) in [6.45, 7) is 4.65. The highest BCUT2D eigenvalue weighted by Crippen LogP contribution is 2.20. The second kappa shape index (κ2) is 6.29. The van der Waals surface area contributed by atoms with Crippen molar-refractivity contribution in [2.45, 2.75) is 25.3 Å². The predicted octanol–water partition coefficient (Wildman–Crippen LogP) is 1.76. The van der Waals surface area contributed by atoms with Crippen LogP contribution in [0.5, 0.6) is 0 Å². The van der Waals surface area contributed by atoms with E-state index < -0.39 is 10.0 Å². The Labute approximate surface area is 122 Å². The Hall–Kier alpha value is -1.51. The number of anilines is 1. The van der Waals surface area contributed by atoms with E-state index in [9.17, 15) is 8.42 Å².